The quantitative estimate of drug-likeness (QED) is 0.729. The van der Waals surface area contributed by atoms with Crippen LogP contribution in [0.25, 0.3) is 0 Å². The van der Waals surface area contributed by atoms with E-state index in [0.29, 0.717) is 34.4 Å². The average molecular weight is 399 g/mol. The summed E-state index contributed by atoms with van der Waals surface area (Å²) in [4.78, 5) is 0. The molecule has 0 amide bonds. The molecule has 2 aromatic rings. The van der Waals surface area contributed by atoms with E-state index in [-0.39, 0.29) is 0 Å². The highest BCUT2D eigenvalue weighted by Crippen LogP contribution is 2.27. The van der Waals surface area contributed by atoms with Gasteiger partial charge in [-0.15, -0.1) is 0 Å². The standard InChI is InChI=1S/C16H13BrClNO2S/c17-15-9-14(18)5-6-16(15)21-7-8-22(20)11-13-3-1-12(10-19)2-4-13/h1-6,9H,7-8,11H2/t22-/m0/s1. The molecule has 0 saturated carbocycles. The molecular weight excluding hydrogens is 386 g/mol. The van der Waals surface area contributed by atoms with Gasteiger partial charge in [0.25, 0.3) is 0 Å². The lowest BCUT2D eigenvalue weighted by Gasteiger charge is -2.08. The molecule has 3 nitrogen and oxygen atoms in total. The van der Waals surface area contributed by atoms with Gasteiger partial charge in [0, 0.05) is 21.6 Å². The van der Waals surface area contributed by atoms with Gasteiger partial charge in [-0.3, -0.25) is 4.21 Å². The zero-order valence-corrected chi connectivity index (χ0v) is 14.7. The maximum atomic E-state index is 12.0. The van der Waals surface area contributed by atoms with Gasteiger partial charge in [0.1, 0.15) is 5.75 Å². The van der Waals surface area contributed by atoms with Gasteiger partial charge >= 0.3 is 0 Å². The summed E-state index contributed by atoms with van der Waals surface area (Å²) < 4.78 is 18.4. The Kier molecular flexibility index (Phi) is 6.44. The second-order valence-corrected chi connectivity index (χ2v) is 7.39. The molecule has 0 N–H and O–H groups in total. The van der Waals surface area contributed by atoms with Crippen molar-refractivity contribution in [1.29, 1.82) is 5.26 Å². The minimum atomic E-state index is -1.01. The molecule has 0 heterocycles. The van der Waals surface area contributed by atoms with Gasteiger partial charge in [0.2, 0.25) is 0 Å². The topological polar surface area (TPSA) is 50.1 Å². The van der Waals surface area contributed by atoms with Gasteiger partial charge in [0.15, 0.2) is 0 Å². The van der Waals surface area contributed by atoms with Crippen LogP contribution in [0.1, 0.15) is 11.1 Å². The molecule has 0 aliphatic heterocycles. The number of nitrogens with zero attached hydrogens (tertiary/aromatic N) is 1. The van der Waals surface area contributed by atoms with Crippen LogP contribution < -0.4 is 4.74 Å². The van der Waals surface area contributed by atoms with Crippen molar-refractivity contribution in [2.75, 3.05) is 12.4 Å². The summed E-state index contributed by atoms with van der Waals surface area (Å²) in [6.07, 6.45) is 0. The van der Waals surface area contributed by atoms with Crippen molar-refractivity contribution in [3.63, 3.8) is 0 Å². The Morgan fingerprint density at radius 1 is 1.23 bits per heavy atom. The summed E-state index contributed by atoms with van der Waals surface area (Å²) in [5.74, 6) is 1.58. The van der Waals surface area contributed by atoms with Gasteiger partial charge in [-0.2, -0.15) is 5.26 Å². The third kappa shape index (κ3) is 5.13. The van der Waals surface area contributed by atoms with E-state index in [2.05, 4.69) is 22.0 Å². The smallest absolute Gasteiger partial charge is 0.133 e. The lowest BCUT2D eigenvalue weighted by Crippen LogP contribution is -2.10. The summed E-state index contributed by atoms with van der Waals surface area (Å²) in [7, 11) is -1.01. The molecule has 0 aliphatic carbocycles. The number of benzene rings is 2. The molecule has 0 spiro atoms. The monoisotopic (exact) mass is 397 g/mol. The molecule has 0 aromatic heterocycles. The fourth-order valence-corrected chi connectivity index (χ4v) is 3.55. The van der Waals surface area contributed by atoms with Gasteiger partial charge in [0.05, 0.1) is 28.5 Å². The average Bonchev–Trinajstić information content (AvgIpc) is 2.50. The molecule has 6 heteroatoms. The fourth-order valence-electron chi connectivity index (χ4n) is 1.77. The Morgan fingerprint density at radius 3 is 2.59 bits per heavy atom. The van der Waals surface area contributed by atoms with Crippen molar-refractivity contribution in [2.24, 2.45) is 0 Å². The molecule has 0 radical (unpaired) electrons. The first kappa shape index (κ1) is 17.0. The third-order valence-electron chi connectivity index (χ3n) is 2.87. The van der Waals surface area contributed by atoms with Crippen molar-refractivity contribution in [3.8, 4) is 11.8 Å². The summed E-state index contributed by atoms with van der Waals surface area (Å²) >= 11 is 9.23. The van der Waals surface area contributed by atoms with Crippen molar-refractivity contribution in [1.82, 2.24) is 0 Å². The minimum absolute atomic E-state index is 0.364. The van der Waals surface area contributed by atoms with Gasteiger partial charge in [-0.25, -0.2) is 0 Å². The molecule has 0 fully saturated rings. The fraction of sp³-hybridized carbons (Fsp3) is 0.188. The Balaban J connectivity index is 1.81. The number of hydrogen-bond donors (Lipinski definition) is 0. The predicted octanol–water partition coefficient (Wildman–Crippen LogP) is 4.30. The van der Waals surface area contributed by atoms with Gasteiger partial charge < -0.3 is 4.74 Å². The first-order valence-electron chi connectivity index (χ1n) is 6.50. The summed E-state index contributed by atoms with van der Waals surface area (Å²) in [5, 5.41) is 9.36. The summed E-state index contributed by atoms with van der Waals surface area (Å²) in [6.45, 7) is 0.364. The number of halogens is 2. The molecule has 22 heavy (non-hydrogen) atoms. The van der Waals surface area contributed by atoms with Crippen LogP contribution in [-0.2, 0) is 16.6 Å². The second-order valence-electron chi connectivity index (χ2n) is 4.52. The molecule has 2 rings (SSSR count). The zero-order valence-electron chi connectivity index (χ0n) is 11.6. The summed E-state index contributed by atoms with van der Waals surface area (Å²) in [5.41, 5.74) is 1.55. The van der Waals surface area contributed by atoms with Crippen LogP contribution in [0.2, 0.25) is 5.02 Å². The molecule has 0 unspecified atom stereocenters. The van der Waals surface area contributed by atoms with E-state index in [9.17, 15) is 4.21 Å². The van der Waals surface area contributed by atoms with Crippen LogP contribution in [0, 0.1) is 11.3 Å². The molecule has 2 aromatic carbocycles. The van der Waals surface area contributed by atoms with Gasteiger partial charge in [-0.05, 0) is 51.8 Å². The number of hydrogen-bond acceptors (Lipinski definition) is 3. The second kappa shape index (κ2) is 8.33. The van der Waals surface area contributed by atoms with Crippen molar-refractivity contribution < 1.29 is 8.95 Å². The molecule has 0 saturated heterocycles. The molecule has 114 valence electrons. The van der Waals surface area contributed by atoms with E-state index < -0.39 is 10.8 Å². The Hall–Kier alpha value is -1.35. The predicted molar refractivity (Wildman–Crippen MR) is 92.5 cm³/mol. The number of rotatable bonds is 6. The SMILES string of the molecule is N#Cc1ccc(C[S@@](=O)CCOc2ccc(Cl)cc2Br)cc1. The van der Waals surface area contributed by atoms with Crippen LogP contribution in [0.4, 0.5) is 0 Å². The van der Waals surface area contributed by atoms with E-state index in [0.717, 1.165) is 10.0 Å². The van der Waals surface area contributed by atoms with Crippen LogP contribution in [0.5, 0.6) is 5.75 Å². The number of nitriles is 1. The van der Waals surface area contributed by atoms with E-state index in [4.69, 9.17) is 21.6 Å². The summed E-state index contributed by atoms with van der Waals surface area (Å²) in [6, 6.07) is 14.4. The molecule has 0 bridgehead atoms. The lowest BCUT2D eigenvalue weighted by atomic mass is 10.2. The first-order chi connectivity index (χ1) is 10.6. The highest BCUT2D eigenvalue weighted by atomic mass is 79.9. The highest BCUT2D eigenvalue weighted by Gasteiger charge is 2.05. The number of ether oxygens (including phenoxy) is 1. The maximum Gasteiger partial charge on any atom is 0.133 e. The Morgan fingerprint density at radius 2 is 1.95 bits per heavy atom. The van der Waals surface area contributed by atoms with Crippen molar-refractivity contribution in [2.45, 2.75) is 5.75 Å². The Bertz CT molecular complexity index is 713. The van der Waals surface area contributed by atoms with Crippen molar-refractivity contribution >= 4 is 38.3 Å². The van der Waals surface area contributed by atoms with E-state index in [1.807, 2.05) is 12.1 Å². The van der Waals surface area contributed by atoms with Crippen LogP contribution in [0.15, 0.2) is 46.9 Å². The van der Waals surface area contributed by atoms with E-state index in [1.54, 1.807) is 30.3 Å². The minimum Gasteiger partial charge on any atom is -0.491 e. The van der Waals surface area contributed by atoms with Crippen LogP contribution in [0.3, 0.4) is 0 Å². The normalized spacial score (nSPS) is 11.7. The highest BCUT2D eigenvalue weighted by molar-refractivity contribution is 9.10. The van der Waals surface area contributed by atoms with E-state index >= 15 is 0 Å². The third-order valence-corrected chi connectivity index (χ3v) is 5.01. The Labute approximate surface area is 145 Å². The van der Waals surface area contributed by atoms with Crippen molar-refractivity contribution in [3.05, 3.63) is 63.1 Å². The largest absolute Gasteiger partial charge is 0.491 e. The van der Waals surface area contributed by atoms with E-state index in [1.165, 1.54) is 0 Å². The first-order valence-corrected chi connectivity index (χ1v) is 9.16. The van der Waals surface area contributed by atoms with Gasteiger partial charge in [-0.1, -0.05) is 23.7 Å². The molecular formula is C16H13BrClNO2S. The van der Waals surface area contributed by atoms with Crippen LogP contribution >= 0.6 is 27.5 Å². The maximum absolute atomic E-state index is 12.0. The zero-order chi connectivity index (χ0) is 15.9. The van der Waals surface area contributed by atoms with Crippen LogP contribution in [-0.4, -0.2) is 16.6 Å². The lowest BCUT2D eigenvalue weighted by molar-refractivity contribution is 0.340. The molecule has 1 atom stereocenters. The molecule has 0 aliphatic rings.